The van der Waals surface area contributed by atoms with Crippen molar-refractivity contribution in [2.24, 2.45) is 0 Å². The Labute approximate surface area is 150 Å². The van der Waals surface area contributed by atoms with Crippen LogP contribution in [0.5, 0.6) is 0 Å². The zero-order valence-electron chi connectivity index (χ0n) is 14.5. The average Bonchev–Trinajstić information content (AvgIpc) is 2.91. The number of nitro groups is 1. The summed E-state index contributed by atoms with van der Waals surface area (Å²) in [6.45, 7) is 3.68. The number of aryl methyl sites for hydroxylation is 1. The molecular weight excluding hydrogens is 332 g/mol. The molecule has 0 radical (unpaired) electrons. The van der Waals surface area contributed by atoms with Gasteiger partial charge in [-0.1, -0.05) is 36.4 Å². The van der Waals surface area contributed by atoms with Gasteiger partial charge in [-0.2, -0.15) is 5.10 Å². The first-order valence-electron chi connectivity index (χ1n) is 8.11. The summed E-state index contributed by atoms with van der Waals surface area (Å²) in [5.74, 6) is -0.321. The van der Waals surface area contributed by atoms with Crippen molar-refractivity contribution in [3.8, 4) is 5.69 Å². The summed E-state index contributed by atoms with van der Waals surface area (Å²) in [5, 5.41) is 18.4. The molecule has 26 heavy (non-hydrogen) atoms. The molecule has 0 atom stereocenters. The first-order valence-corrected chi connectivity index (χ1v) is 8.11. The van der Waals surface area contributed by atoms with Gasteiger partial charge in [0, 0.05) is 11.6 Å². The van der Waals surface area contributed by atoms with Gasteiger partial charge in [0.25, 0.3) is 5.69 Å². The normalized spacial score (nSPS) is 10.5. The smallest absolute Gasteiger partial charge is 0.273 e. The van der Waals surface area contributed by atoms with Crippen molar-refractivity contribution in [3.63, 3.8) is 0 Å². The number of nitrogens with zero attached hydrogens (tertiary/aromatic N) is 3. The van der Waals surface area contributed by atoms with Gasteiger partial charge in [0.2, 0.25) is 5.91 Å². The number of carbonyl (C=O) groups excluding carboxylic acids is 1. The third-order valence-corrected chi connectivity index (χ3v) is 4.10. The third kappa shape index (κ3) is 3.46. The molecule has 132 valence electrons. The minimum absolute atomic E-state index is 0.0592. The predicted octanol–water partition coefficient (Wildman–Crippen LogP) is 3.58. The van der Waals surface area contributed by atoms with Crippen LogP contribution < -0.4 is 5.32 Å². The zero-order chi connectivity index (χ0) is 18.7. The molecule has 0 unspecified atom stereocenters. The van der Waals surface area contributed by atoms with Gasteiger partial charge >= 0.3 is 0 Å². The first-order chi connectivity index (χ1) is 12.5. The highest BCUT2D eigenvalue weighted by molar-refractivity contribution is 5.94. The highest BCUT2D eigenvalue weighted by Crippen LogP contribution is 2.24. The Morgan fingerprint density at radius 3 is 2.46 bits per heavy atom. The summed E-state index contributed by atoms with van der Waals surface area (Å²) in [7, 11) is 0. The maximum atomic E-state index is 12.4. The summed E-state index contributed by atoms with van der Waals surface area (Å²) in [6, 6.07) is 15.9. The standard InChI is InChI=1S/C19H18N4O3/c1-13-19(14(2)22(21-13)16-9-4-3-5-10-16)20-18(24)12-15-8-6-7-11-17(15)23(25)26/h3-11H,12H2,1-2H3,(H,20,24). The molecule has 1 aromatic heterocycles. The summed E-state index contributed by atoms with van der Waals surface area (Å²) in [6.07, 6.45) is -0.0768. The van der Waals surface area contributed by atoms with Gasteiger partial charge in [-0.05, 0) is 26.0 Å². The third-order valence-electron chi connectivity index (χ3n) is 4.10. The Balaban J connectivity index is 1.83. The molecule has 2 aromatic carbocycles. The molecule has 1 amide bonds. The molecule has 0 aliphatic carbocycles. The van der Waals surface area contributed by atoms with Gasteiger partial charge in [-0.25, -0.2) is 4.68 Å². The summed E-state index contributed by atoms with van der Waals surface area (Å²) in [4.78, 5) is 23.0. The molecule has 0 aliphatic rings. The van der Waals surface area contributed by atoms with Crippen LogP contribution in [0.4, 0.5) is 11.4 Å². The molecule has 7 heteroatoms. The lowest BCUT2D eigenvalue weighted by molar-refractivity contribution is -0.385. The average molecular weight is 350 g/mol. The molecule has 0 saturated heterocycles. The van der Waals surface area contributed by atoms with Crippen LogP contribution in [0.2, 0.25) is 0 Å². The minimum atomic E-state index is -0.480. The molecule has 7 nitrogen and oxygen atoms in total. The van der Waals surface area contributed by atoms with E-state index in [9.17, 15) is 14.9 Å². The van der Waals surface area contributed by atoms with Crippen LogP contribution in [-0.4, -0.2) is 20.6 Å². The number of amides is 1. The first kappa shape index (κ1) is 17.3. The van der Waals surface area contributed by atoms with Gasteiger partial charge in [0.1, 0.15) is 0 Å². The van der Waals surface area contributed by atoms with Crippen LogP contribution in [-0.2, 0) is 11.2 Å². The van der Waals surface area contributed by atoms with Gasteiger partial charge in [0.05, 0.1) is 34.1 Å². The number of hydrogen-bond acceptors (Lipinski definition) is 4. The molecule has 3 aromatic rings. The van der Waals surface area contributed by atoms with Gasteiger partial charge in [0.15, 0.2) is 0 Å². The topological polar surface area (TPSA) is 90.1 Å². The van der Waals surface area contributed by atoms with Crippen molar-refractivity contribution in [1.29, 1.82) is 0 Å². The van der Waals surface area contributed by atoms with Crippen LogP contribution in [0.1, 0.15) is 17.0 Å². The van der Waals surface area contributed by atoms with Crippen molar-refractivity contribution < 1.29 is 9.72 Å². The van der Waals surface area contributed by atoms with Crippen molar-refractivity contribution in [2.75, 3.05) is 5.32 Å². The Morgan fingerprint density at radius 2 is 1.77 bits per heavy atom. The van der Waals surface area contributed by atoms with Crippen LogP contribution in [0.15, 0.2) is 54.6 Å². The fourth-order valence-electron chi connectivity index (χ4n) is 2.84. The van der Waals surface area contributed by atoms with Gasteiger partial charge in [-0.15, -0.1) is 0 Å². The second-order valence-corrected chi connectivity index (χ2v) is 5.90. The maximum absolute atomic E-state index is 12.4. The fourth-order valence-corrected chi connectivity index (χ4v) is 2.84. The van der Waals surface area contributed by atoms with E-state index in [4.69, 9.17) is 0 Å². The number of hydrogen-bond donors (Lipinski definition) is 1. The lowest BCUT2D eigenvalue weighted by Crippen LogP contribution is -2.16. The summed E-state index contributed by atoms with van der Waals surface area (Å²) >= 11 is 0. The van der Waals surface area contributed by atoms with E-state index in [1.165, 1.54) is 6.07 Å². The Bertz CT molecular complexity index is 964. The van der Waals surface area contributed by atoms with E-state index in [1.807, 2.05) is 44.2 Å². The minimum Gasteiger partial charge on any atom is -0.323 e. The molecule has 1 N–H and O–H groups in total. The monoisotopic (exact) mass is 350 g/mol. The molecule has 0 aliphatic heterocycles. The van der Waals surface area contributed by atoms with Crippen LogP contribution in [0, 0.1) is 24.0 Å². The molecular formula is C19H18N4O3. The zero-order valence-corrected chi connectivity index (χ0v) is 14.5. The highest BCUT2D eigenvalue weighted by Gasteiger charge is 2.19. The van der Waals surface area contributed by atoms with Crippen LogP contribution >= 0.6 is 0 Å². The maximum Gasteiger partial charge on any atom is 0.273 e. The largest absolute Gasteiger partial charge is 0.323 e. The van der Waals surface area contributed by atoms with Crippen molar-refractivity contribution in [2.45, 2.75) is 20.3 Å². The van der Waals surface area contributed by atoms with Crippen molar-refractivity contribution >= 4 is 17.3 Å². The van der Waals surface area contributed by atoms with E-state index in [-0.39, 0.29) is 18.0 Å². The number of anilines is 1. The number of rotatable bonds is 5. The number of aromatic nitrogens is 2. The van der Waals surface area contributed by atoms with Crippen molar-refractivity contribution in [1.82, 2.24) is 9.78 Å². The van der Waals surface area contributed by atoms with E-state index in [1.54, 1.807) is 22.9 Å². The molecule has 0 spiro atoms. The highest BCUT2D eigenvalue weighted by atomic mass is 16.6. The van der Waals surface area contributed by atoms with E-state index in [0.717, 1.165) is 11.4 Å². The lowest BCUT2D eigenvalue weighted by Gasteiger charge is -2.07. The van der Waals surface area contributed by atoms with E-state index in [0.29, 0.717) is 16.9 Å². The predicted molar refractivity (Wildman–Crippen MR) is 98.5 cm³/mol. The Hall–Kier alpha value is -3.48. The van der Waals surface area contributed by atoms with Crippen LogP contribution in [0.3, 0.4) is 0 Å². The van der Waals surface area contributed by atoms with E-state index in [2.05, 4.69) is 10.4 Å². The summed E-state index contributed by atoms with van der Waals surface area (Å²) in [5.41, 5.74) is 3.31. The fraction of sp³-hybridized carbons (Fsp3) is 0.158. The van der Waals surface area contributed by atoms with E-state index >= 15 is 0 Å². The SMILES string of the molecule is Cc1nn(-c2ccccc2)c(C)c1NC(=O)Cc1ccccc1[N+](=O)[O-]. The molecule has 0 bridgehead atoms. The van der Waals surface area contributed by atoms with Crippen molar-refractivity contribution in [3.05, 3.63) is 81.7 Å². The number of nitrogens with one attached hydrogen (secondary N) is 1. The van der Waals surface area contributed by atoms with E-state index < -0.39 is 4.92 Å². The quantitative estimate of drug-likeness (QED) is 0.562. The molecule has 0 saturated carbocycles. The van der Waals surface area contributed by atoms with Gasteiger partial charge < -0.3 is 5.32 Å². The second-order valence-electron chi connectivity index (χ2n) is 5.90. The number of benzene rings is 2. The Morgan fingerprint density at radius 1 is 1.12 bits per heavy atom. The molecule has 1 heterocycles. The Kier molecular flexibility index (Phi) is 4.79. The molecule has 0 fully saturated rings. The van der Waals surface area contributed by atoms with Crippen LogP contribution in [0.25, 0.3) is 5.69 Å². The van der Waals surface area contributed by atoms with Gasteiger partial charge in [-0.3, -0.25) is 14.9 Å². The summed E-state index contributed by atoms with van der Waals surface area (Å²) < 4.78 is 1.76. The number of nitro benzene ring substituents is 1. The lowest BCUT2D eigenvalue weighted by atomic mass is 10.1. The number of para-hydroxylation sites is 2. The second kappa shape index (κ2) is 7.18. The number of carbonyl (C=O) groups is 1. The molecule has 3 rings (SSSR count).